The van der Waals surface area contributed by atoms with Gasteiger partial charge in [0, 0.05) is 10.9 Å². The summed E-state index contributed by atoms with van der Waals surface area (Å²) in [4.78, 5) is 12.5. The Morgan fingerprint density at radius 2 is 2.08 bits per heavy atom. The van der Waals surface area contributed by atoms with Crippen LogP contribution < -0.4 is 10.1 Å². The molecule has 2 heterocycles. The molecule has 2 aromatic heterocycles. The van der Waals surface area contributed by atoms with Crippen LogP contribution in [-0.4, -0.2) is 27.9 Å². The largest absolute Gasteiger partial charge is 0.490 e. The normalized spacial score (nSPS) is 12.4. The van der Waals surface area contributed by atoms with Crippen molar-refractivity contribution >= 4 is 27.9 Å². The molecular weight excluding hydrogens is 332 g/mol. The fourth-order valence-electron chi connectivity index (χ4n) is 2.87. The van der Waals surface area contributed by atoms with Crippen LogP contribution in [0.5, 0.6) is 5.75 Å². The van der Waals surface area contributed by atoms with E-state index in [9.17, 15) is 4.79 Å². The minimum atomic E-state index is -0.294. The van der Waals surface area contributed by atoms with E-state index in [2.05, 4.69) is 20.7 Å². The van der Waals surface area contributed by atoms with Crippen molar-refractivity contribution in [1.29, 1.82) is 0 Å². The summed E-state index contributed by atoms with van der Waals surface area (Å²) in [6.45, 7) is 4.37. The second-order valence-electron chi connectivity index (χ2n) is 5.98. The fraction of sp³-hybridized carbons (Fsp3) is 0.211. The summed E-state index contributed by atoms with van der Waals surface area (Å²) in [6.07, 6.45) is 0. The van der Waals surface area contributed by atoms with Gasteiger partial charge in [-0.1, -0.05) is 12.1 Å². The Bertz CT molecular complexity index is 1080. The monoisotopic (exact) mass is 350 g/mol. The van der Waals surface area contributed by atoms with Gasteiger partial charge in [-0.2, -0.15) is 15.4 Å². The van der Waals surface area contributed by atoms with E-state index in [-0.39, 0.29) is 11.9 Å². The number of aromatic amines is 1. The average molecular weight is 350 g/mol. The molecule has 2 aromatic carbocycles. The minimum Gasteiger partial charge on any atom is -0.490 e. The Hall–Kier alpha value is -3.35. The number of H-pyrrole nitrogens is 1. The number of nitrogens with zero attached hydrogens (tertiary/aromatic N) is 2. The SMILES string of the molecule is CCOc1cccc2cc([C@H](C)NC(=O)c3ccc4n[nH]nc4c3)oc12. The molecule has 4 rings (SSSR count). The first-order valence-corrected chi connectivity index (χ1v) is 8.42. The summed E-state index contributed by atoms with van der Waals surface area (Å²) in [5.74, 6) is 1.17. The summed E-state index contributed by atoms with van der Waals surface area (Å²) in [5, 5.41) is 14.4. The lowest BCUT2D eigenvalue weighted by molar-refractivity contribution is 0.0936. The number of hydrogen-bond acceptors (Lipinski definition) is 5. The summed E-state index contributed by atoms with van der Waals surface area (Å²) < 4.78 is 11.5. The third-order valence-electron chi connectivity index (χ3n) is 4.18. The van der Waals surface area contributed by atoms with Crippen LogP contribution in [0, 0.1) is 0 Å². The predicted molar refractivity (Wildman–Crippen MR) is 97.2 cm³/mol. The van der Waals surface area contributed by atoms with E-state index in [4.69, 9.17) is 9.15 Å². The van der Waals surface area contributed by atoms with Crippen molar-refractivity contribution in [2.24, 2.45) is 0 Å². The number of nitrogens with one attached hydrogen (secondary N) is 2. The molecule has 132 valence electrons. The molecule has 0 aliphatic heterocycles. The number of ether oxygens (including phenoxy) is 1. The number of hydrogen-bond donors (Lipinski definition) is 2. The van der Waals surface area contributed by atoms with Crippen LogP contribution in [0.4, 0.5) is 0 Å². The molecule has 2 N–H and O–H groups in total. The van der Waals surface area contributed by atoms with Gasteiger partial charge < -0.3 is 14.5 Å². The van der Waals surface area contributed by atoms with Gasteiger partial charge >= 0.3 is 0 Å². The lowest BCUT2D eigenvalue weighted by Gasteiger charge is -2.11. The molecule has 0 saturated heterocycles. The van der Waals surface area contributed by atoms with Crippen LogP contribution in [0.25, 0.3) is 22.0 Å². The quantitative estimate of drug-likeness (QED) is 0.574. The number of rotatable bonds is 5. The number of aromatic nitrogens is 3. The highest BCUT2D eigenvalue weighted by Crippen LogP contribution is 2.31. The molecule has 0 aliphatic carbocycles. The molecule has 4 aromatic rings. The maximum absolute atomic E-state index is 12.5. The molecule has 0 fully saturated rings. The summed E-state index contributed by atoms with van der Waals surface area (Å²) in [6, 6.07) is 12.6. The van der Waals surface area contributed by atoms with Crippen LogP contribution in [0.3, 0.4) is 0 Å². The van der Waals surface area contributed by atoms with Crippen LogP contribution in [0.2, 0.25) is 0 Å². The standard InChI is InChI=1S/C19H18N4O3/c1-3-25-16-6-4-5-12-10-17(26-18(12)16)11(2)20-19(24)13-7-8-14-15(9-13)22-23-21-14/h4-11H,3H2,1-2H3,(H,20,24)(H,21,22,23)/t11-/m0/s1. The first kappa shape index (κ1) is 16.1. The molecule has 26 heavy (non-hydrogen) atoms. The molecule has 1 amide bonds. The van der Waals surface area contributed by atoms with E-state index >= 15 is 0 Å². The Morgan fingerprint density at radius 1 is 1.23 bits per heavy atom. The van der Waals surface area contributed by atoms with Gasteiger partial charge in [0.2, 0.25) is 0 Å². The van der Waals surface area contributed by atoms with Crippen molar-refractivity contribution in [1.82, 2.24) is 20.7 Å². The molecule has 0 spiro atoms. The fourth-order valence-corrected chi connectivity index (χ4v) is 2.87. The van der Waals surface area contributed by atoms with Gasteiger partial charge in [0.1, 0.15) is 16.8 Å². The van der Waals surface area contributed by atoms with E-state index in [0.29, 0.717) is 34.8 Å². The van der Waals surface area contributed by atoms with Crippen molar-refractivity contribution in [3.63, 3.8) is 0 Å². The molecular formula is C19H18N4O3. The third-order valence-corrected chi connectivity index (χ3v) is 4.18. The molecule has 7 heteroatoms. The van der Waals surface area contributed by atoms with Crippen LogP contribution in [-0.2, 0) is 0 Å². The molecule has 0 aliphatic rings. The number of carbonyl (C=O) groups excluding carboxylic acids is 1. The second-order valence-corrected chi connectivity index (χ2v) is 5.98. The summed E-state index contributed by atoms with van der Waals surface area (Å²) in [5.41, 5.74) is 2.57. The molecule has 1 atom stereocenters. The van der Waals surface area contributed by atoms with E-state index in [0.717, 1.165) is 10.9 Å². The lowest BCUT2D eigenvalue weighted by Crippen LogP contribution is -2.26. The Morgan fingerprint density at radius 3 is 2.92 bits per heavy atom. The molecule has 7 nitrogen and oxygen atoms in total. The Balaban J connectivity index is 1.57. The zero-order valence-corrected chi connectivity index (χ0v) is 14.4. The van der Waals surface area contributed by atoms with E-state index < -0.39 is 0 Å². The molecule has 0 saturated carbocycles. The number of furan rings is 1. The number of fused-ring (bicyclic) bond motifs is 2. The zero-order chi connectivity index (χ0) is 18.1. The zero-order valence-electron chi connectivity index (χ0n) is 14.4. The van der Waals surface area contributed by atoms with Crippen LogP contribution in [0.1, 0.15) is 36.0 Å². The highest BCUT2D eigenvalue weighted by Gasteiger charge is 2.17. The van der Waals surface area contributed by atoms with Gasteiger partial charge in [0.05, 0.1) is 12.6 Å². The predicted octanol–water partition coefficient (Wildman–Crippen LogP) is 3.59. The van der Waals surface area contributed by atoms with Crippen molar-refractivity contribution in [3.05, 3.63) is 53.8 Å². The van der Waals surface area contributed by atoms with Crippen LogP contribution >= 0.6 is 0 Å². The van der Waals surface area contributed by atoms with Gasteiger partial charge in [-0.15, -0.1) is 0 Å². The Labute approximate surface area is 149 Å². The highest BCUT2D eigenvalue weighted by molar-refractivity contribution is 5.97. The highest BCUT2D eigenvalue weighted by atomic mass is 16.5. The number of para-hydroxylation sites is 1. The van der Waals surface area contributed by atoms with Gasteiger partial charge in [-0.25, -0.2) is 0 Å². The molecule has 0 radical (unpaired) electrons. The van der Waals surface area contributed by atoms with E-state index in [1.54, 1.807) is 18.2 Å². The average Bonchev–Trinajstić information content (AvgIpc) is 3.28. The first-order chi connectivity index (χ1) is 12.7. The van der Waals surface area contributed by atoms with E-state index in [1.165, 1.54) is 0 Å². The topological polar surface area (TPSA) is 93.0 Å². The first-order valence-electron chi connectivity index (χ1n) is 8.42. The smallest absolute Gasteiger partial charge is 0.251 e. The lowest BCUT2D eigenvalue weighted by atomic mass is 10.1. The minimum absolute atomic E-state index is 0.201. The summed E-state index contributed by atoms with van der Waals surface area (Å²) >= 11 is 0. The van der Waals surface area contributed by atoms with Gasteiger partial charge in [0.15, 0.2) is 11.3 Å². The second kappa shape index (κ2) is 6.51. The Kier molecular flexibility index (Phi) is 4.04. The number of benzene rings is 2. The van der Waals surface area contributed by atoms with Gasteiger partial charge in [0.25, 0.3) is 5.91 Å². The van der Waals surface area contributed by atoms with Crippen molar-refractivity contribution in [2.45, 2.75) is 19.9 Å². The maximum Gasteiger partial charge on any atom is 0.251 e. The van der Waals surface area contributed by atoms with Gasteiger partial charge in [-0.3, -0.25) is 4.79 Å². The van der Waals surface area contributed by atoms with Crippen molar-refractivity contribution in [2.75, 3.05) is 6.61 Å². The summed E-state index contributed by atoms with van der Waals surface area (Å²) in [7, 11) is 0. The molecule has 0 unspecified atom stereocenters. The number of carbonyl (C=O) groups is 1. The maximum atomic E-state index is 12.5. The van der Waals surface area contributed by atoms with Crippen molar-refractivity contribution in [3.8, 4) is 5.75 Å². The number of amides is 1. The third kappa shape index (κ3) is 2.88. The van der Waals surface area contributed by atoms with Gasteiger partial charge in [-0.05, 0) is 44.2 Å². The van der Waals surface area contributed by atoms with Crippen molar-refractivity contribution < 1.29 is 13.9 Å². The van der Waals surface area contributed by atoms with E-state index in [1.807, 2.05) is 38.1 Å². The molecule has 0 bridgehead atoms. The van der Waals surface area contributed by atoms with Crippen LogP contribution in [0.15, 0.2) is 46.9 Å².